The number of hydrogen-bond donors (Lipinski definition) is 2. The van der Waals surface area contributed by atoms with Gasteiger partial charge < -0.3 is 15.5 Å². The Morgan fingerprint density at radius 3 is 2.58 bits per heavy atom. The Kier molecular flexibility index (Phi) is 5.67. The number of aryl methyl sites for hydroxylation is 1. The van der Waals surface area contributed by atoms with Crippen molar-refractivity contribution in [1.29, 1.82) is 0 Å². The molecule has 1 rings (SSSR count). The molecule has 0 radical (unpaired) electrons. The Morgan fingerprint density at radius 1 is 1.32 bits per heavy atom. The van der Waals surface area contributed by atoms with E-state index in [1.165, 1.54) is 11.3 Å². The molecule has 1 aromatic rings. The molecule has 1 aromatic carbocycles. The lowest BCUT2D eigenvalue weighted by molar-refractivity contribution is -0.121. The van der Waals surface area contributed by atoms with Gasteiger partial charge in [0.2, 0.25) is 5.91 Å². The van der Waals surface area contributed by atoms with Crippen molar-refractivity contribution in [3.05, 3.63) is 23.8 Å². The predicted octanol–water partition coefficient (Wildman–Crippen LogP) is 2.39. The average molecular weight is 263 g/mol. The van der Waals surface area contributed by atoms with Gasteiger partial charge in [-0.25, -0.2) is 0 Å². The summed E-state index contributed by atoms with van der Waals surface area (Å²) in [4.78, 5) is 13.6. The van der Waals surface area contributed by atoms with Crippen molar-refractivity contribution in [1.82, 2.24) is 5.32 Å². The normalized spacial score (nSPS) is 10.4. The third-order valence-electron chi connectivity index (χ3n) is 2.82. The molecule has 4 heteroatoms. The van der Waals surface area contributed by atoms with Gasteiger partial charge in [0.05, 0.1) is 0 Å². The van der Waals surface area contributed by atoms with E-state index in [9.17, 15) is 4.79 Å². The Morgan fingerprint density at radius 2 is 2.00 bits per heavy atom. The minimum atomic E-state index is 0.0856. The van der Waals surface area contributed by atoms with Gasteiger partial charge in [-0.15, -0.1) is 0 Å². The quantitative estimate of drug-likeness (QED) is 0.828. The molecule has 0 bridgehead atoms. The van der Waals surface area contributed by atoms with Crippen LogP contribution in [0.1, 0.15) is 25.8 Å². The second-order valence-electron chi connectivity index (χ2n) is 5.29. The number of hydrogen-bond acceptors (Lipinski definition) is 3. The highest BCUT2D eigenvalue weighted by Crippen LogP contribution is 2.22. The summed E-state index contributed by atoms with van der Waals surface area (Å²) < 4.78 is 0. The lowest BCUT2D eigenvalue weighted by Crippen LogP contribution is -2.31. The number of amides is 1. The Labute approximate surface area is 116 Å². The van der Waals surface area contributed by atoms with Crippen molar-refractivity contribution in [2.75, 3.05) is 30.9 Å². The van der Waals surface area contributed by atoms with Crippen molar-refractivity contribution in [3.8, 4) is 0 Å². The highest BCUT2D eigenvalue weighted by molar-refractivity contribution is 5.76. The highest BCUT2D eigenvalue weighted by Gasteiger charge is 2.04. The summed E-state index contributed by atoms with van der Waals surface area (Å²) in [7, 11) is 4.06. The number of carbonyl (C=O) groups excluding carboxylic acids is 1. The van der Waals surface area contributed by atoms with Crippen LogP contribution >= 0.6 is 0 Å². The monoisotopic (exact) mass is 263 g/mol. The summed E-state index contributed by atoms with van der Waals surface area (Å²) >= 11 is 0. The van der Waals surface area contributed by atoms with E-state index in [1.807, 2.05) is 34.0 Å². The number of carbonyl (C=O) groups is 1. The number of nitrogens with one attached hydrogen (secondary N) is 2. The van der Waals surface area contributed by atoms with Crippen molar-refractivity contribution in [2.24, 2.45) is 0 Å². The van der Waals surface area contributed by atoms with Crippen LogP contribution in [0.5, 0.6) is 0 Å². The van der Waals surface area contributed by atoms with Crippen LogP contribution in [0.2, 0.25) is 0 Å². The van der Waals surface area contributed by atoms with Gasteiger partial charge >= 0.3 is 0 Å². The summed E-state index contributed by atoms with van der Waals surface area (Å²) in [6, 6.07) is 6.44. The third-order valence-corrected chi connectivity index (χ3v) is 2.82. The molecule has 4 nitrogen and oxygen atoms in total. The minimum absolute atomic E-state index is 0.0856. The zero-order valence-corrected chi connectivity index (χ0v) is 12.6. The van der Waals surface area contributed by atoms with Crippen LogP contribution in [0, 0.1) is 6.92 Å². The molecule has 0 aliphatic rings. The Hall–Kier alpha value is -1.71. The van der Waals surface area contributed by atoms with Crippen LogP contribution < -0.4 is 15.5 Å². The van der Waals surface area contributed by atoms with Gasteiger partial charge in [0, 0.05) is 44.5 Å². The molecule has 0 saturated heterocycles. The fourth-order valence-corrected chi connectivity index (χ4v) is 1.92. The van der Waals surface area contributed by atoms with E-state index in [0.29, 0.717) is 13.0 Å². The zero-order valence-electron chi connectivity index (χ0n) is 12.6. The zero-order chi connectivity index (χ0) is 14.4. The number of benzene rings is 1. The first-order chi connectivity index (χ1) is 8.90. The molecule has 0 saturated carbocycles. The molecule has 0 fully saturated rings. The van der Waals surface area contributed by atoms with Gasteiger partial charge in [0.1, 0.15) is 0 Å². The summed E-state index contributed by atoms with van der Waals surface area (Å²) in [6.07, 6.45) is 0.489. The molecular weight excluding hydrogens is 238 g/mol. The van der Waals surface area contributed by atoms with E-state index in [0.717, 1.165) is 5.69 Å². The van der Waals surface area contributed by atoms with E-state index < -0.39 is 0 Å². The molecule has 0 aliphatic heterocycles. The number of anilines is 2. The highest BCUT2D eigenvalue weighted by atomic mass is 16.1. The SMILES string of the molecule is Cc1ccc(NCCC(=O)NC(C)C)cc1N(C)C. The van der Waals surface area contributed by atoms with Crippen LogP contribution in [0.3, 0.4) is 0 Å². The van der Waals surface area contributed by atoms with Gasteiger partial charge in [-0.05, 0) is 38.5 Å². The maximum atomic E-state index is 11.5. The van der Waals surface area contributed by atoms with Crippen LogP contribution in [0.15, 0.2) is 18.2 Å². The van der Waals surface area contributed by atoms with Gasteiger partial charge in [0.15, 0.2) is 0 Å². The van der Waals surface area contributed by atoms with E-state index in [2.05, 4.69) is 34.6 Å². The standard InChI is InChI=1S/C15H25N3O/c1-11(2)17-15(19)8-9-16-13-7-6-12(3)14(10-13)18(4)5/h6-7,10-11,16H,8-9H2,1-5H3,(H,17,19). The summed E-state index contributed by atoms with van der Waals surface area (Å²) in [6.45, 7) is 6.67. The fourth-order valence-electron chi connectivity index (χ4n) is 1.92. The maximum Gasteiger partial charge on any atom is 0.221 e. The molecule has 0 heterocycles. The first-order valence-corrected chi connectivity index (χ1v) is 6.71. The number of nitrogens with zero attached hydrogens (tertiary/aromatic N) is 1. The van der Waals surface area contributed by atoms with Crippen molar-refractivity contribution >= 4 is 17.3 Å². The van der Waals surface area contributed by atoms with Crippen LogP contribution in [-0.2, 0) is 4.79 Å². The summed E-state index contributed by atoms with van der Waals surface area (Å²) in [5.41, 5.74) is 3.48. The minimum Gasteiger partial charge on any atom is -0.384 e. The van der Waals surface area contributed by atoms with Gasteiger partial charge in [-0.1, -0.05) is 6.07 Å². The lowest BCUT2D eigenvalue weighted by Gasteiger charge is -2.17. The molecular formula is C15H25N3O. The first kappa shape index (κ1) is 15.3. The summed E-state index contributed by atoms with van der Waals surface area (Å²) in [5.74, 6) is 0.0856. The number of rotatable bonds is 6. The molecule has 2 N–H and O–H groups in total. The molecule has 1 amide bonds. The smallest absolute Gasteiger partial charge is 0.221 e. The molecule has 0 unspecified atom stereocenters. The molecule has 0 atom stereocenters. The molecule has 19 heavy (non-hydrogen) atoms. The molecule has 0 aliphatic carbocycles. The fraction of sp³-hybridized carbons (Fsp3) is 0.533. The predicted molar refractivity (Wildman–Crippen MR) is 81.9 cm³/mol. The summed E-state index contributed by atoms with van der Waals surface area (Å²) in [5, 5.41) is 6.16. The largest absolute Gasteiger partial charge is 0.384 e. The van der Waals surface area contributed by atoms with Gasteiger partial charge in [-0.2, -0.15) is 0 Å². The average Bonchev–Trinajstić information content (AvgIpc) is 2.30. The molecule has 0 aromatic heterocycles. The van der Waals surface area contributed by atoms with Crippen molar-refractivity contribution in [3.63, 3.8) is 0 Å². The molecule has 0 spiro atoms. The van der Waals surface area contributed by atoms with Crippen LogP contribution in [0.25, 0.3) is 0 Å². The Balaban J connectivity index is 2.50. The maximum absolute atomic E-state index is 11.5. The lowest BCUT2D eigenvalue weighted by atomic mass is 10.1. The topological polar surface area (TPSA) is 44.4 Å². The van der Waals surface area contributed by atoms with E-state index in [-0.39, 0.29) is 11.9 Å². The Bertz CT molecular complexity index is 427. The third kappa shape index (κ3) is 5.20. The van der Waals surface area contributed by atoms with E-state index in [1.54, 1.807) is 0 Å². The van der Waals surface area contributed by atoms with E-state index in [4.69, 9.17) is 0 Å². The van der Waals surface area contributed by atoms with Crippen LogP contribution in [-0.4, -0.2) is 32.6 Å². The van der Waals surface area contributed by atoms with E-state index >= 15 is 0 Å². The van der Waals surface area contributed by atoms with Gasteiger partial charge in [0.25, 0.3) is 0 Å². The van der Waals surface area contributed by atoms with Crippen LogP contribution in [0.4, 0.5) is 11.4 Å². The van der Waals surface area contributed by atoms with Crippen molar-refractivity contribution in [2.45, 2.75) is 33.2 Å². The van der Waals surface area contributed by atoms with Crippen molar-refractivity contribution < 1.29 is 4.79 Å². The first-order valence-electron chi connectivity index (χ1n) is 6.71. The second kappa shape index (κ2) is 7.02. The van der Waals surface area contributed by atoms with Gasteiger partial charge in [-0.3, -0.25) is 4.79 Å². The second-order valence-corrected chi connectivity index (χ2v) is 5.29. The molecule has 106 valence electrons.